The van der Waals surface area contributed by atoms with Gasteiger partial charge in [0.25, 0.3) is 0 Å². The standard InChI is InChI=1S/C32H32BrN7O3/c1-7-21-12-22(23-14-34-20(6)35-15-23)13-24-29(19(5)41)38-39(30(21)24)16-28(42)40-25(8-2)18(4)11-26(40)32(43)37-31-17(3)9-10-27(33)36-31/h8-10,12-15,26H,2,7,11,16H2,1,3-6H3,(H,36,37,43)/t26-/m0/s1. The van der Waals surface area contributed by atoms with Crippen molar-refractivity contribution in [2.75, 3.05) is 5.32 Å². The van der Waals surface area contributed by atoms with E-state index in [1.54, 1.807) is 29.2 Å². The molecule has 0 fully saturated rings. The van der Waals surface area contributed by atoms with Crippen LogP contribution in [-0.2, 0) is 22.6 Å². The lowest BCUT2D eigenvalue weighted by Gasteiger charge is -2.26. The highest BCUT2D eigenvalue weighted by Crippen LogP contribution is 2.33. The fraction of sp³-hybridized carbons (Fsp3) is 0.281. The van der Waals surface area contributed by atoms with Gasteiger partial charge in [0.1, 0.15) is 34.5 Å². The summed E-state index contributed by atoms with van der Waals surface area (Å²) in [6.07, 6.45) is 6.09. The van der Waals surface area contributed by atoms with E-state index in [1.807, 2.05) is 45.9 Å². The van der Waals surface area contributed by atoms with Crippen molar-refractivity contribution in [2.45, 2.75) is 60.0 Å². The van der Waals surface area contributed by atoms with Crippen molar-refractivity contribution >= 4 is 50.2 Å². The molecule has 0 bridgehead atoms. The average molecular weight is 643 g/mol. The summed E-state index contributed by atoms with van der Waals surface area (Å²) in [7, 11) is 0. The van der Waals surface area contributed by atoms with Gasteiger partial charge in [-0.1, -0.05) is 19.6 Å². The summed E-state index contributed by atoms with van der Waals surface area (Å²) in [5.41, 5.74) is 5.83. The zero-order valence-electron chi connectivity index (χ0n) is 24.7. The minimum absolute atomic E-state index is 0.174. The maximum atomic E-state index is 14.0. The molecule has 1 N–H and O–H groups in total. The van der Waals surface area contributed by atoms with Crippen molar-refractivity contribution in [3.63, 3.8) is 0 Å². The molecule has 220 valence electrons. The van der Waals surface area contributed by atoms with Gasteiger partial charge in [0.05, 0.1) is 5.52 Å². The van der Waals surface area contributed by atoms with Crippen LogP contribution in [0.25, 0.3) is 22.0 Å². The van der Waals surface area contributed by atoms with Gasteiger partial charge in [-0.3, -0.25) is 24.0 Å². The Morgan fingerprint density at radius 1 is 1.12 bits per heavy atom. The molecule has 1 atom stereocenters. The van der Waals surface area contributed by atoms with Gasteiger partial charge >= 0.3 is 0 Å². The van der Waals surface area contributed by atoms with Crippen LogP contribution in [0.1, 0.15) is 54.6 Å². The molecule has 0 saturated carbocycles. The molecule has 0 saturated heterocycles. The van der Waals surface area contributed by atoms with Crippen LogP contribution < -0.4 is 5.32 Å². The average Bonchev–Trinajstić information content (AvgIpc) is 3.52. The molecule has 1 aromatic carbocycles. The normalized spacial score (nSPS) is 14.8. The summed E-state index contributed by atoms with van der Waals surface area (Å²) >= 11 is 3.35. The molecule has 0 unspecified atom stereocenters. The van der Waals surface area contributed by atoms with Crippen LogP contribution in [0.2, 0.25) is 0 Å². The van der Waals surface area contributed by atoms with Crippen LogP contribution in [0.15, 0.2) is 65.2 Å². The summed E-state index contributed by atoms with van der Waals surface area (Å²) < 4.78 is 2.16. The number of rotatable bonds is 8. The molecule has 4 aromatic rings. The highest BCUT2D eigenvalue weighted by Gasteiger charge is 2.38. The predicted octanol–water partition coefficient (Wildman–Crippen LogP) is 5.73. The fourth-order valence-corrected chi connectivity index (χ4v) is 5.75. The molecule has 0 spiro atoms. The van der Waals surface area contributed by atoms with Crippen LogP contribution in [-0.4, -0.2) is 53.3 Å². The zero-order valence-corrected chi connectivity index (χ0v) is 26.3. The quantitative estimate of drug-likeness (QED) is 0.192. The monoisotopic (exact) mass is 641 g/mol. The number of nitrogens with one attached hydrogen (secondary N) is 1. The molecular formula is C32H32BrN7O3. The third kappa shape index (κ3) is 5.77. The second-order valence-electron chi connectivity index (χ2n) is 10.6. The second-order valence-corrected chi connectivity index (χ2v) is 11.4. The molecule has 0 radical (unpaired) electrons. The minimum Gasteiger partial charge on any atom is -0.309 e. The maximum absolute atomic E-state index is 14.0. The SMILES string of the molecule is C=CC1=C(C)C[C@@H](C(=O)Nc2nc(Br)ccc2C)N1C(=O)Cn1nc(C(C)=O)c2cc(-c3cnc(C)nc3)cc(CC)c21. The number of anilines is 1. The zero-order chi connectivity index (χ0) is 31.0. The first-order valence-electron chi connectivity index (χ1n) is 13.9. The van der Waals surface area contributed by atoms with Gasteiger partial charge in [-0.15, -0.1) is 0 Å². The number of carbonyl (C=O) groups excluding carboxylic acids is 3. The molecule has 1 aliphatic rings. The fourth-order valence-electron chi connectivity index (χ4n) is 5.44. The van der Waals surface area contributed by atoms with Gasteiger partial charge in [-0.25, -0.2) is 15.0 Å². The Balaban J connectivity index is 1.53. The Morgan fingerprint density at radius 2 is 1.84 bits per heavy atom. The molecular weight excluding hydrogens is 610 g/mol. The van der Waals surface area contributed by atoms with Crippen LogP contribution in [0, 0.1) is 13.8 Å². The molecule has 5 rings (SSSR count). The van der Waals surface area contributed by atoms with Crippen molar-refractivity contribution in [2.24, 2.45) is 0 Å². The molecule has 3 aromatic heterocycles. The Morgan fingerprint density at radius 3 is 2.49 bits per heavy atom. The van der Waals surface area contributed by atoms with E-state index in [-0.39, 0.29) is 29.8 Å². The minimum atomic E-state index is -0.798. The molecule has 0 aliphatic carbocycles. The Kier molecular flexibility index (Phi) is 8.36. The number of aromatic nitrogens is 5. The van der Waals surface area contributed by atoms with Crippen LogP contribution >= 0.6 is 15.9 Å². The summed E-state index contributed by atoms with van der Waals surface area (Å²) in [5.74, 6) is 0.170. The Labute approximate surface area is 258 Å². The first-order chi connectivity index (χ1) is 20.5. The van der Waals surface area contributed by atoms with Crippen LogP contribution in [0.3, 0.4) is 0 Å². The van der Waals surface area contributed by atoms with E-state index in [0.717, 1.165) is 27.8 Å². The number of hydrogen-bond donors (Lipinski definition) is 1. The van der Waals surface area contributed by atoms with E-state index in [1.165, 1.54) is 11.8 Å². The summed E-state index contributed by atoms with van der Waals surface area (Å²) in [4.78, 5) is 54.8. The first-order valence-corrected chi connectivity index (χ1v) is 14.7. The van der Waals surface area contributed by atoms with Gasteiger partial charge in [-0.2, -0.15) is 5.10 Å². The second kappa shape index (κ2) is 12.0. The predicted molar refractivity (Wildman–Crippen MR) is 168 cm³/mol. The lowest BCUT2D eigenvalue weighted by molar-refractivity contribution is -0.135. The van der Waals surface area contributed by atoms with Gasteiger partial charge < -0.3 is 5.32 Å². The molecule has 11 heteroatoms. The number of aryl methyl sites for hydroxylation is 3. The maximum Gasteiger partial charge on any atom is 0.249 e. The van der Waals surface area contributed by atoms with E-state index in [9.17, 15) is 14.4 Å². The number of ketones is 1. The van der Waals surface area contributed by atoms with Crippen molar-refractivity contribution in [3.8, 4) is 11.1 Å². The smallest absolute Gasteiger partial charge is 0.249 e. The number of carbonyl (C=O) groups is 3. The number of halogens is 1. The van der Waals surface area contributed by atoms with Crippen molar-refractivity contribution < 1.29 is 14.4 Å². The summed E-state index contributed by atoms with van der Waals surface area (Å²) in [6.45, 7) is 12.8. The molecule has 2 amide bonds. The van der Waals surface area contributed by atoms with E-state index in [2.05, 4.69) is 47.9 Å². The Bertz CT molecular complexity index is 1820. The number of nitrogens with zero attached hydrogens (tertiary/aromatic N) is 6. The third-order valence-corrected chi connectivity index (χ3v) is 8.06. The van der Waals surface area contributed by atoms with Crippen LogP contribution in [0.4, 0.5) is 5.82 Å². The molecule has 10 nitrogen and oxygen atoms in total. The lowest BCUT2D eigenvalue weighted by Crippen LogP contribution is -2.45. The Hall–Kier alpha value is -4.51. The van der Waals surface area contributed by atoms with Gasteiger partial charge in [0.15, 0.2) is 5.78 Å². The van der Waals surface area contributed by atoms with E-state index < -0.39 is 6.04 Å². The topological polar surface area (TPSA) is 123 Å². The number of hydrogen-bond acceptors (Lipinski definition) is 7. The highest BCUT2D eigenvalue weighted by molar-refractivity contribution is 9.10. The van der Waals surface area contributed by atoms with E-state index in [4.69, 9.17) is 0 Å². The number of benzene rings is 1. The highest BCUT2D eigenvalue weighted by atomic mass is 79.9. The largest absolute Gasteiger partial charge is 0.309 e. The van der Waals surface area contributed by atoms with Crippen molar-refractivity contribution in [1.82, 2.24) is 29.6 Å². The number of pyridine rings is 1. The number of allylic oxidation sites excluding steroid dienone is 1. The molecule has 43 heavy (non-hydrogen) atoms. The first kappa shape index (κ1) is 30.0. The van der Waals surface area contributed by atoms with Gasteiger partial charge in [0.2, 0.25) is 11.8 Å². The summed E-state index contributed by atoms with van der Waals surface area (Å²) in [5, 5.41) is 8.15. The number of fused-ring (bicyclic) bond motifs is 1. The van der Waals surface area contributed by atoms with Gasteiger partial charge in [-0.05, 0) is 89.7 Å². The van der Waals surface area contributed by atoms with E-state index >= 15 is 0 Å². The molecule has 4 heterocycles. The van der Waals surface area contributed by atoms with E-state index in [0.29, 0.717) is 45.7 Å². The molecule has 1 aliphatic heterocycles. The van der Waals surface area contributed by atoms with Gasteiger partial charge in [0, 0.05) is 42.4 Å². The van der Waals surface area contributed by atoms with Crippen LogP contribution in [0.5, 0.6) is 0 Å². The number of amides is 2. The number of Topliss-reactive ketones (excluding diaryl/α,β-unsaturated/α-hetero) is 1. The lowest BCUT2D eigenvalue weighted by atomic mass is 9.99. The van der Waals surface area contributed by atoms with Crippen molar-refractivity contribution in [3.05, 3.63) is 87.8 Å². The third-order valence-electron chi connectivity index (χ3n) is 7.61. The summed E-state index contributed by atoms with van der Waals surface area (Å²) in [6, 6.07) is 6.76. The van der Waals surface area contributed by atoms with Crippen molar-refractivity contribution in [1.29, 1.82) is 0 Å².